The first-order valence-electron chi connectivity index (χ1n) is 9.06. The standard InChI is InChI=1S/C22H22N2O4/c1-14-10-22(25)24(20-7-5-4-6-17(14)20)13-16-11-19(23-28-16)18-9-8-15(26-2)12-21(18)27-3/h4-12,16,23H,13H2,1-3H3/t16-/m1/s1. The van der Waals surface area contributed by atoms with Crippen LogP contribution >= 0.6 is 0 Å². The lowest BCUT2D eigenvalue weighted by Gasteiger charge is -2.14. The van der Waals surface area contributed by atoms with Crippen LogP contribution in [0.3, 0.4) is 0 Å². The summed E-state index contributed by atoms with van der Waals surface area (Å²) in [6, 6.07) is 15.2. The third kappa shape index (κ3) is 3.23. The van der Waals surface area contributed by atoms with E-state index in [9.17, 15) is 4.79 Å². The van der Waals surface area contributed by atoms with Crippen LogP contribution in [0.5, 0.6) is 11.5 Å². The van der Waals surface area contributed by atoms with E-state index in [1.165, 1.54) is 0 Å². The number of hydrogen-bond donors (Lipinski definition) is 1. The minimum atomic E-state index is -0.286. The predicted octanol–water partition coefficient (Wildman–Crippen LogP) is 3.27. The average Bonchev–Trinajstić information content (AvgIpc) is 3.19. The smallest absolute Gasteiger partial charge is 0.251 e. The molecule has 1 N–H and O–H groups in total. The Labute approximate surface area is 162 Å². The summed E-state index contributed by atoms with van der Waals surface area (Å²) < 4.78 is 12.5. The molecule has 0 saturated heterocycles. The van der Waals surface area contributed by atoms with Crippen molar-refractivity contribution >= 4 is 16.6 Å². The largest absolute Gasteiger partial charge is 0.497 e. The maximum atomic E-state index is 12.6. The summed E-state index contributed by atoms with van der Waals surface area (Å²) in [5.41, 5.74) is 6.46. The highest BCUT2D eigenvalue weighted by Crippen LogP contribution is 2.31. The summed E-state index contributed by atoms with van der Waals surface area (Å²) in [5.74, 6) is 1.40. The van der Waals surface area contributed by atoms with Crippen LogP contribution < -0.4 is 20.5 Å². The van der Waals surface area contributed by atoms with Crippen LogP contribution in [0.4, 0.5) is 0 Å². The minimum absolute atomic E-state index is 0.0383. The lowest BCUT2D eigenvalue weighted by molar-refractivity contribution is 0.0419. The molecule has 2 aromatic carbocycles. The molecule has 3 aromatic rings. The number of nitrogens with zero attached hydrogens (tertiary/aromatic N) is 1. The molecule has 0 unspecified atom stereocenters. The van der Waals surface area contributed by atoms with Crippen molar-refractivity contribution in [2.45, 2.75) is 19.6 Å². The molecule has 0 spiro atoms. The van der Waals surface area contributed by atoms with Crippen molar-refractivity contribution in [3.8, 4) is 11.5 Å². The summed E-state index contributed by atoms with van der Waals surface area (Å²) in [4.78, 5) is 18.3. The van der Waals surface area contributed by atoms with Gasteiger partial charge in [0.25, 0.3) is 5.56 Å². The Balaban J connectivity index is 1.66. The quantitative estimate of drug-likeness (QED) is 0.738. The van der Waals surface area contributed by atoms with Crippen LogP contribution in [0.2, 0.25) is 0 Å². The van der Waals surface area contributed by atoms with Crippen molar-refractivity contribution in [3.05, 3.63) is 76.1 Å². The Kier molecular flexibility index (Phi) is 4.79. The van der Waals surface area contributed by atoms with Gasteiger partial charge in [0.15, 0.2) is 0 Å². The molecule has 2 heterocycles. The summed E-state index contributed by atoms with van der Waals surface area (Å²) in [6.45, 7) is 2.37. The monoisotopic (exact) mass is 378 g/mol. The lowest BCUT2D eigenvalue weighted by atomic mass is 10.1. The Bertz CT molecular complexity index is 1120. The Morgan fingerprint density at radius 2 is 1.93 bits per heavy atom. The number of benzene rings is 2. The maximum absolute atomic E-state index is 12.6. The van der Waals surface area contributed by atoms with Gasteiger partial charge in [-0.25, -0.2) is 0 Å². The Morgan fingerprint density at radius 3 is 2.71 bits per heavy atom. The summed E-state index contributed by atoms with van der Waals surface area (Å²) in [6.07, 6.45) is 1.68. The van der Waals surface area contributed by atoms with E-state index >= 15 is 0 Å². The summed E-state index contributed by atoms with van der Waals surface area (Å²) in [7, 11) is 3.23. The molecule has 6 heteroatoms. The minimum Gasteiger partial charge on any atom is -0.497 e. The van der Waals surface area contributed by atoms with Gasteiger partial charge in [-0.15, -0.1) is 0 Å². The Morgan fingerprint density at radius 1 is 1.11 bits per heavy atom. The highest BCUT2D eigenvalue weighted by molar-refractivity contribution is 5.82. The van der Waals surface area contributed by atoms with Crippen molar-refractivity contribution in [2.24, 2.45) is 0 Å². The molecule has 0 fully saturated rings. The molecule has 1 aliphatic heterocycles. The molecule has 1 atom stereocenters. The molecule has 4 rings (SSSR count). The van der Waals surface area contributed by atoms with Crippen LogP contribution in [0.15, 0.2) is 59.4 Å². The molecule has 6 nitrogen and oxygen atoms in total. The maximum Gasteiger partial charge on any atom is 0.251 e. The normalized spacial score (nSPS) is 16.0. The molecule has 144 valence electrons. The molecular weight excluding hydrogens is 356 g/mol. The van der Waals surface area contributed by atoms with E-state index in [-0.39, 0.29) is 11.7 Å². The van der Waals surface area contributed by atoms with Gasteiger partial charge >= 0.3 is 0 Å². The number of fused-ring (bicyclic) bond motifs is 1. The van der Waals surface area contributed by atoms with Gasteiger partial charge < -0.3 is 14.0 Å². The number of para-hydroxylation sites is 1. The molecule has 0 aliphatic carbocycles. The number of rotatable bonds is 5. The van der Waals surface area contributed by atoms with Crippen LogP contribution in [0, 0.1) is 6.92 Å². The van der Waals surface area contributed by atoms with Gasteiger partial charge in [0.05, 0.1) is 32.0 Å². The molecule has 1 aliphatic rings. The van der Waals surface area contributed by atoms with Crippen molar-refractivity contribution in [3.63, 3.8) is 0 Å². The zero-order valence-corrected chi connectivity index (χ0v) is 16.1. The first kappa shape index (κ1) is 18.1. The van der Waals surface area contributed by atoms with Crippen LogP contribution in [-0.2, 0) is 11.4 Å². The third-order valence-electron chi connectivity index (χ3n) is 4.96. The highest BCUT2D eigenvalue weighted by atomic mass is 16.7. The summed E-state index contributed by atoms with van der Waals surface area (Å²) in [5, 5.41) is 1.06. The number of hydrogen-bond acceptors (Lipinski definition) is 5. The molecule has 0 radical (unpaired) electrons. The van der Waals surface area contributed by atoms with E-state index in [2.05, 4.69) is 5.48 Å². The second kappa shape index (κ2) is 7.40. The topological polar surface area (TPSA) is 61.7 Å². The van der Waals surface area contributed by atoms with E-state index < -0.39 is 0 Å². The molecule has 28 heavy (non-hydrogen) atoms. The number of nitrogens with one attached hydrogen (secondary N) is 1. The Hall–Kier alpha value is -3.25. The number of aromatic nitrogens is 1. The predicted molar refractivity (Wildman–Crippen MR) is 108 cm³/mol. The van der Waals surface area contributed by atoms with E-state index in [1.54, 1.807) is 24.9 Å². The number of methoxy groups -OCH3 is 2. The van der Waals surface area contributed by atoms with Crippen molar-refractivity contribution < 1.29 is 14.3 Å². The molecule has 0 bridgehead atoms. The SMILES string of the molecule is COc1ccc(C2=C[C@H](Cn3c(=O)cc(C)c4ccccc43)ON2)c(OC)c1. The molecule has 1 aromatic heterocycles. The van der Waals surface area contributed by atoms with E-state index in [0.29, 0.717) is 18.0 Å². The fourth-order valence-corrected chi connectivity index (χ4v) is 3.52. The van der Waals surface area contributed by atoms with Crippen LogP contribution in [0.25, 0.3) is 16.6 Å². The number of pyridine rings is 1. The second-order valence-electron chi connectivity index (χ2n) is 6.70. The zero-order valence-electron chi connectivity index (χ0n) is 16.1. The van der Waals surface area contributed by atoms with E-state index in [1.807, 2.05) is 55.5 Å². The van der Waals surface area contributed by atoms with E-state index in [4.69, 9.17) is 14.3 Å². The van der Waals surface area contributed by atoms with Crippen LogP contribution in [-0.4, -0.2) is 24.9 Å². The van der Waals surface area contributed by atoms with Gasteiger partial charge in [-0.2, -0.15) is 0 Å². The third-order valence-corrected chi connectivity index (χ3v) is 4.96. The first-order chi connectivity index (χ1) is 13.6. The van der Waals surface area contributed by atoms with Crippen molar-refractivity contribution in [1.82, 2.24) is 10.0 Å². The summed E-state index contributed by atoms with van der Waals surface area (Å²) >= 11 is 0. The van der Waals surface area contributed by atoms with Crippen molar-refractivity contribution in [1.29, 1.82) is 0 Å². The fourth-order valence-electron chi connectivity index (χ4n) is 3.52. The van der Waals surface area contributed by atoms with Gasteiger partial charge in [-0.05, 0) is 36.8 Å². The molecule has 0 amide bonds. The molecular formula is C22H22N2O4. The van der Waals surface area contributed by atoms with E-state index in [0.717, 1.165) is 27.7 Å². The fraction of sp³-hybridized carbons (Fsp3) is 0.227. The average molecular weight is 378 g/mol. The zero-order chi connectivity index (χ0) is 19.7. The highest BCUT2D eigenvalue weighted by Gasteiger charge is 2.22. The van der Waals surface area contributed by atoms with Gasteiger partial charge in [0, 0.05) is 23.1 Å². The van der Waals surface area contributed by atoms with Gasteiger partial charge in [-0.1, -0.05) is 18.2 Å². The molecule has 0 saturated carbocycles. The first-order valence-corrected chi connectivity index (χ1v) is 9.06. The lowest BCUT2D eigenvalue weighted by Crippen LogP contribution is -2.27. The van der Waals surface area contributed by atoms with Crippen LogP contribution in [0.1, 0.15) is 11.1 Å². The number of ether oxygens (including phenoxy) is 2. The van der Waals surface area contributed by atoms with Gasteiger partial charge in [-0.3, -0.25) is 15.1 Å². The van der Waals surface area contributed by atoms with Gasteiger partial charge in [0.1, 0.15) is 17.6 Å². The van der Waals surface area contributed by atoms with Crippen molar-refractivity contribution in [2.75, 3.05) is 14.2 Å². The number of hydroxylamine groups is 1. The van der Waals surface area contributed by atoms with Gasteiger partial charge in [0.2, 0.25) is 0 Å². The second-order valence-corrected chi connectivity index (χ2v) is 6.70. The number of aryl methyl sites for hydroxylation is 1.